The van der Waals surface area contributed by atoms with Crippen LogP contribution >= 0.6 is 0 Å². The van der Waals surface area contributed by atoms with Gasteiger partial charge in [0.05, 0.1) is 11.4 Å². The van der Waals surface area contributed by atoms with E-state index in [1.165, 1.54) is 13.0 Å². The fourth-order valence-corrected chi connectivity index (χ4v) is 4.50. The number of amides is 2. The van der Waals surface area contributed by atoms with Gasteiger partial charge in [0.2, 0.25) is 21.8 Å². The Bertz CT molecular complexity index is 785. The highest BCUT2D eigenvalue weighted by molar-refractivity contribution is 7.89. The number of fused-ring (bicyclic) bond motifs is 1. The number of sulfonamides is 1. The van der Waals surface area contributed by atoms with Crippen molar-refractivity contribution in [3.05, 3.63) is 23.8 Å². The van der Waals surface area contributed by atoms with Gasteiger partial charge in [-0.25, -0.2) is 13.1 Å². The molecule has 1 heterocycles. The van der Waals surface area contributed by atoms with E-state index in [9.17, 15) is 18.0 Å². The lowest BCUT2D eigenvalue weighted by molar-refractivity contribution is -0.120. The standard InChI is InChI=1S/C17H23N3O4S/c1-12(21)20-9-8-13-10-15(6-7-16(13)20)25(23,24)18-11-17(22)19-14-4-2-3-5-14/h6-7,10,14,18H,2-5,8-9,11H2,1H3,(H,19,22). The summed E-state index contributed by atoms with van der Waals surface area (Å²) in [7, 11) is -3.76. The van der Waals surface area contributed by atoms with Gasteiger partial charge in [0.15, 0.2) is 0 Å². The van der Waals surface area contributed by atoms with E-state index in [0.29, 0.717) is 13.0 Å². The van der Waals surface area contributed by atoms with Crippen molar-refractivity contribution in [2.24, 2.45) is 0 Å². The number of anilines is 1. The lowest BCUT2D eigenvalue weighted by Crippen LogP contribution is -2.40. The molecular formula is C17H23N3O4S. The Balaban J connectivity index is 1.64. The van der Waals surface area contributed by atoms with Crippen molar-refractivity contribution in [3.63, 3.8) is 0 Å². The lowest BCUT2D eigenvalue weighted by atomic mass is 10.2. The maximum atomic E-state index is 12.4. The minimum Gasteiger partial charge on any atom is -0.352 e. The van der Waals surface area contributed by atoms with Crippen LogP contribution in [-0.2, 0) is 26.0 Å². The molecule has 3 rings (SSSR count). The average molecular weight is 365 g/mol. The molecule has 25 heavy (non-hydrogen) atoms. The molecule has 8 heteroatoms. The van der Waals surface area contributed by atoms with Gasteiger partial charge in [0.25, 0.3) is 0 Å². The lowest BCUT2D eigenvalue weighted by Gasteiger charge is -2.15. The second-order valence-corrected chi connectivity index (χ2v) is 8.35. The van der Waals surface area contributed by atoms with Crippen molar-refractivity contribution in [1.82, 2.24) is 10.0 Å². The average Bonchev–Trinajstić information content (AvgIpc) is 3.21. The van der Waals surface area contributed by atoms with Crippen molar-refractivity contribution in [1.29, 1.82) is 0 Å². The number of rotatable bonds is 5. The molecule has 1 fully saturated rings. The molecule has 2 N–H and O–H groups in total. The van der Waals surface area contributed by atoms with Crippen molar-refractivity contribution >= 4 is 27.5 Å². The van der Waals surface area contributed by atoms with E-state index in [1.54, 1.807) is 17.0 Å². The largest absolute Gasteiger partial charge is 0.352 e. The topological polar surface area (TPSA) is 95.6 Å². The van der Waals surface area contributed by atoms with Gasteiger partial charge >= 0.3 is 0 Å². The molecule has 0 atom stereocenters. The Morgan fingerprint density at radius 3 is 2.64 bits per heavy atom. The fraction of sp³-hybridized carbons (Fsp3) is 0.529. The monoisotopic (exact) mass is 365 g/mol. The van der Waals surface area contributed by atoms with E-state index in [0.717, 1.165) is 36.9 Å². The molecule has 0 radical (unpaired) electrons. The molecule has 2 amide bonds. The van der Waals surface area contributed by atoms with Gasteiger partial charge in [0, 0.05) is 25.2 Å². The first-order chi connectivity index (χ1) is 11.9. The Morgan fingerprint density at radius 1 is 1.24 bits per heavy atom. The maximum Gasteiger partial charge on any atom is 0.241 e. The summed E-state index contributed by atoms with van der Waals surface area (Å²) in [6.07, 6.45) is 4.73. The molecule has 0 aromatic heterocycles. The maximum absolute atomic E-state index is 12.4. The number of hydrogen-bond acceptors (Lipinski definition) is 4. The van der Waals surface area contributed by atoms with Crippen LogP contribution in [0.3, 0.4) is 0 Å². The van der Waals surface area contributed by atoms with E-state index in [2.05, 4.69) is 10.0 Å². The van der Waals surface area contributed by atoms with E-state index >= 15 is 0 Å². The summed E-state index contributed by atoms with van der Waals surface area (Å²) in [5.41, 5.74) is 1.58. The zero-order chi connectivity index (χ0) is 18.0. The normalized spacial score (nSPS) is 17.6. The summed E-state index contributed by atoms with van der Waals surface area (Å²) in [5.74, 6) is -0.365. The molecule has 0 saturated heterocycles. The summed E-state index contributed by atoms with van der Waals surface area (Å²) in [6.45, 7) is 1.78. The molecule has 7 nitrogen and oxygen atoms in total. The number of hydrogen-bond donors (Lipinski definition) is 2. The second kappa shape index (κ2) is 7.13. The quantitative estimate of drug-likeness (QED) is 0.811. The van der Waals surface area contributed by atoms with Gasteiger partial charge in [-0.2, -0.15) is 0 Å². The van der Waals surface area contributed by atoms with Gasteiger partial charge in [-0.1, -0.05) is 12.8 Å². The van der Waals surface area contributed by atoms with Crippen molar-refractivity contribution in [2.75, 3.05) is 18.0 Å². The molecule has 0 bridgehead atoms. The summed E-state index contributed by atoms with van der Waals surface area (Å²) in [4.78, 5) is 25.2. The highest BCUT2D eigenvalue weighted by Crippen LogP contribution is 2.30. The van der Waals surface area contributed by atoms with Crippen LogP contribution in [0.4, 0.5) is 5.69 Å². The zero-order valence-electron chi connectivity index (χ0n) is 14.2. The van der Waals surface area contributed by atoms with Crippen LogP contribution in [0.1, 0.15) is 38.2 Å². The Morgan fingerprint density at radius 2 is 1.96 bits per heavy atom. The minimum absolute atomic E-state index is 0.0592. The van der Waals surface area contributed by atoms with Gasteiger partial charge < -0.3 is 10.2 Å². The van der Waals surface area contributed by atoms with Gasteiger partial charge in [-0.3, -0.25) is 9.59 Å². The molecule has 0 unspecified atom stereocenters. The molecule has 136 valence electrons. The second-order valence-electron chi connectivity index (χ2n) is 6.58. The highest BCUT2D eigenvalue weighted by Gasteiger charge is 2.25. The Hall–Kier alpha value is -1.93. The van der Waals surface area contributed by atoms with E-state index in [1.807, 2.05) is 0 Å². The molecule has 0 spiro atoms. The fourth-order valence-electron chi connectivity index (χ4n) is 3.47. The highest BCUT2D eigenvalue weighted by atomic mass is 32.2. The minimum atomic E-state index is -3.76. The molecule has 1 saturated carbocycles. The SMILES string of the molecule is CC(=O)N1CCc2cc(S(=O)(=O)NCC(=O)NC3CCCC3)ccc21. The van der Waals surface area contributed by atoms with Crippen molar-refractivity contribution in [3.8, 4) is 0 Å². The summed E-state index contributed by atoms with van der Waals surface area (Å²) < 4.78 is 27.2. The van der Waals surface area contributed by atoms with Gasteiger partial charge in [-0.05, 0) is 43.0 Å². The van der Waals surface area contributed by atoms with Crippen molar-refractivity contribution in [2.45, 2.75) is 50.0 Å². The molecule has 2 aliphatic rings. The van der Waals surface area contributed by atoms with E-state index < -0.39 is 10.0 Å². The smallest absolute Gasteiger partial charge is 0.241 e. The zero-order valence-corrected chi connectivity index (χ0v) is 15.1. The third kappa shape index (κ3) is 4.01. The van der Waals surface area contributed by atoms with Crippen LogP contribution in [0.2, 0.25) is 0 Å². The summed E-state index contributed by atoms with van der Waals surface area (Å²) >= 11 is 0. The van der Waals surface area contributed by atoms with Crippen LogP contribution in [0, 0.1) is 0 Å². The van der Waals surface area contributed by atoms with Crippen molar-refractivity contribution < 1.29 is 18.0 Å². The third-order valence-electron chi connectivity index (χ3n) is 4.78. The number of carbonyl (C=O) groups is 2. The predicted octanol–water partition coefficient (Wildman–Crippen LogP) is 0.933. The molecule has 1 aromatic carbocycles. The predicted molar refractivity (Wildman–Crippen MR) is 93.8 cm³/mol. The van der Waals surface area contributed by atoms with Crippen LogP contribution in [-0.4, -0.2) is 39.4 Å². The van der Waals surface area contributed by atoms with Crippen LogP contribution in [0.15, 0.2) is 23.1 Å². The first kappa shape index (κ1) is 17.9. The van der Waals surface area contributed by atoms with E-state index in [-0.39, 0.29) is 29.3 Å². The first-order valence-corrected chi connectivity index (χ1v) is 10.1. The summed E-state index contributed by atoms with van der Waals surface area (Å²) in [5, 5.41) is 2.85. The number of nitrogens with zero attached hydrogens (tertiary/aromatic N) is 1. The molecule has 1 aliphatic heterocycles. The Kier molecular flexibility index (Phi) is 5.10. The Labute approximate surface area is 147 Å². The van der Waals surface area contributed by atoms with Gasteiger partial charge in [-0.15, -0.1) is 0 Å². The van der Waals surface area contributed by atoms with Crippen LogP contribution in [0.5, 0.6) is 0 Å². The van der Waals surface area contributed by atoms with Gasteiger partial charge in [0.1, 0.15) is 0 Å². The number of carbonyl (C=O) groups excluding carboxylic acids is 2. The summed E-state index contributed by atoms with van der Waals surface area (Å²) in [6, 6.07) is 4.86. The van der Waals surface area contributed by atoms with E-state index in [4.69, 9.17) is 0 Å². The molecular weight excluding hydrogens is 342 g/mol. The van der Waals surface area contributed by atoms with Crippen LogP contribution < -0.4 is 14.9 Å². The first-order valence-electron chi connectivity index (χ1n) is 8.57. The molecule has 1 aromatic rings. The third-order valence-corrected chi connectivity index (χ3v) is 6.18. The number of nitrogens with one attached hydrogen (secondary N) is 2. The van der Waals surface area contributed by atoms with Crippen LogP contribution in [0.25, 0.3) is 0 Å². The number of benzene rings is 1. The molecule has 1 aliphatic carbocycles.